The Bertz CT molecular complexity index is 292. The minimum atomic E-state index is -1.40. The Balaban J connectivity index is 2.84. The quantitative estimate of drug-likeness (QED) is 0.471. The van der Waals surface area contributed by atoms with Gasteiger partial charge < -0.3 is 5.11 Å². The molecule has 0 aliphatic heterocycles. The molecular weight excluding hydrogens is 219 g/mol. The highest BCUT2D eigenvalue weighted by molar-refractivity contribution is 6.42. The van der Waals surface area contributed by atoms with Crippen LogP contribution < -0.4 is 0 Å². The van der Waals surface area contributed by atoms with Crippen LogP contribution >= 0.6 is 23.2 Å². The van der Waals surface area contributed by atoms with Gasteiger partial charge in [0.1, 0.15) is 0 Å². The lowest BCUT2D eigenvalue weighted by molar-refractivity contribution is -0.530. The summed E-state index contributed by atoms with van der Waals surface area (Å²) in [6.07, 6.45) is -1.40. The van der Waals surface area contributed by atoms with Gasteiger partial charge in [0.2, 0.25) is 6.29 Å². The standard InChI is InChI=1S/C7H6Cl2O4/c8-5-2-1-4(3-6(5)9)7(10)12-13-11/h1-3,7,10-11H. The van der Waals surface area contributed by atoms with Crippen molar-refractivity contribution in [1.82, 2.24) is 0 Å². The van der Waals surface area contributed by atoms with Crippen molar-refractivity contribution in [1.29, 1.82) is 0 Å². The summed E-state index contributed by atoms with van der Waals surface area (Å²) in [6, 6.07) is 4.37. The molecule has 1 unspecified atom stereocenters. The predicted molar refractivity (Wildman–Crippen MR) is 46.2 cm³/mol. The number of hydrogen-bond acceptors (Lipinski definition) is 4. The zero-order valence-electron chi connectivity index (χ0n) is 6.28. The molecule has 2 N–H and O–H groups in total. The lowest BCUT2D eigenvalue weighted by atomic mass is 10.2. The van der Waals surface area contributed by atoms with Gasteiger partial charge in [0.25, 0.3) is 0 Å². The SMILES string of the molecule is OOOC(O)c1ccc(Cl)c(Cl)c1. The average molecular weight is 225 g/mol. The van der Waals surface area contributed by atoms with Crippen LogP contribution in [0.5, 0.6) is 0 Å². The molecule has 4 nitrogen and oxygen atoms in total. The zero-order chi connectivity index (χ0) is 9.84. The Hall–Kier alpha value is -0.360. The molecular formula is C7H6Cl2O4. The first-order chi connectivity index (χ1) is 6.15. The highest BCUT2D eigenvalue weighted by Crippen LogP contribution is 2.25. The van der Waals surface area contributed by atoms with Crippen LogP contribution in [0.25, 0.3) is 0 Å². The fraction of sp³-hybridized carbons (Fsp3) is 0.143. The Kier molecular flexibility index (Phi) is 3.92. The topological polar surface area (TPSA) is 58.9 Å². The second-order valence-corrected chi connectivity index (χ2v) is 3.01. The van der Waals surface area contributed by atoms with Crippen molar-refractivity contribution in [2.24, 2.45) is 0 Å². The summed E-state index contributed by atoms with van der Waals surface area (Å²) in [5.41, 5.74) is 0.323. The molecule has 0 saturated heterocycles. The summed E-state index contributed by atoms with van der Waals surface area (Å²) in [5.74, 6) is 0. The van der Waals surface area contributed by atoms with E-state index >= 15 is 0 Å². The third kappa shape index (κ3) is 2.80. The Morgan fingerprint density at radius 3 is 2.46 bits per heavy atom. The van der Waals surface area contributed by atoms with Gasteiger partial charge in [0, 0.05) is 5.56 Å². The van der Waals surface area contributed by atoms with Crippen molar-refractivity contribution >= 4 is 23.2 Å². The van der Waals surface area contributed by atoms with E-state index in [0.29, 0.717) is 10.6 Å². The van der Waals surface area contributed by atoms with Crippen LogP contribution in [0.4, 0.5) is 0 Å². The molecule has 72 valence electrons. The van der Waals surface area contributed by atoms with Gasteiger partial charge in [-0.05, 0) is 12.1 Å². The molecule has 0 spiro atoms. The van der Waals surface area contributed by atoms with Crippen LogP contribution in [0.2, 0.25) is 10.0 Å². The molecule has 1 aromatic carbocycles. The monoisotopic (exact) mass is 224 g/mol. The molecule has 0 heterocycles. The van der Waals surface area contributed by atoms with Gasteiger partial charge >= 0.3 is 0 Å². The summed E-state index contributed by atoms with van der Waals surface area (Å²) >= 11 is 11.3. The molecule has 6 heteroatoms. The maximum absolute atomic E-state index is 9.13. The Morgan fingerprint density at radius 2 is 1.92 bits per heavy atom. The third-order valence-electron chi connectivity index (χ3n) is 1.36. The number of aliphatic hydroxyl groups is 1. The van der Waals surface area contributed by atoms with Gasteiger partial charge in [0.15, 0.2) is 0 Å². The van der Waals surface area contributed by atoms with Crippen LogP contribution in [0, 0.1) is 0 Å². The molecule has 0 aromatic heterocycles. The first-order valence-corrected chi connectivity index (χ1v) is 4.00. The maximum Gasteiger partial charge on any atom is 0.218 e. The smallest absolute Gasteiger partial charge is 0.218 e. The van der Waals surface area contributed by atoms with Gasteiger partial charge in [0.05, 0.1) is 10.0 Å². The summed E-state index contributed by atoms with van der Waals surface area (Å²) < 4.78 is 0. The van der Waals surface area contributed by atoms with E-state index in [1.165, 1.54) is 18.2 Å². The van der Waals surface area contributed by atoms with Crippen LogP contribution in [-0.4, -0.2) is 10.4 Å². The van der Waals surface area contributed by atoms with Crippen LogP contribution in [0.3, 0.4) is 0 Å². The van der Waals surface area contributed by atoms with E-state index in [1.54, 1.807) is 0 Å². The molecule has 1 aromatic rings. The van der Waals surface area contributed by atoms with E-state index in [4.69, 9.17) is 33.6 Å². The molecule has 0 aliphatic carbocycles. The van der Waals surface area contributed by atoms with Crippen molar-refractivity contribution in [3.63, 3.8) is 0 Å². The van der Waals surface area contributed by atoms with Crippen molar-refractivity contribution in [3.8, 4) is 0 Å². The van der Waals surface area contributed by atoms with Gasteiger partial charge in [-0.25, -0.2) is 5.26 Å². The van der Waals surface area contributed by atoms with Crippen molar-refractivity contribution in [2.45, 2.75) is 6.29 Å². The van der Waals surface area contributed by atoms with Crippen molar-refractivity contribution in [2.75, 3.05) is 0 Å². The Labute approximate surface area is 84.1 Å². The molecule has 0 bridgehead atoms. The predicted octanol–water partition coefficient (Wildman–Crippen LogP) is 2.41. The van der Waals surface area contributed by atoms with Crippen LogP contribution in [0.15, 0.2) is 18.2 Å². The minimum absolute atomic E-state index is 0.278. The fourth-order valence-electron chi connectivity index (χ4n) is 0.762. The average Bonchev–Trinajstić information content (AvgIpc) is 2.10. The number of aliphatic hydroxyl groups excluding tert-OH is 1. The van der Waals surface area contributed by atoms with Crippen molar-refractivity contribution < 1.29 is 20.3 Å². The first-order valence-electron chi connectivity index (χ1n) is 3.25. The highest BCUT2D eigenvalue weighted by atomic mass is 35.5. The van der Waals surface area contributed by atoms with Gasteiger partial charge in [-0.15, -0.1) is 0 Å². The lowest BCUT2D eigenvalue weighted by Gasteiger charge is -2.08. The van der Waals surface area contributed by atoms with Crippen molar-refractivity contribution in [3.05, 3.63) is 33.8 Å². The Morgan fingerprint density at radius 1 is 1.23 bits per heavy atom. The van der Waals surface area contributed by atoms with E-state index in [9.17, 15) is 0 Å². The molecule has 13 heavy (non-hydrogen) atoms. The van der Waals surface area contributed by atoms with Gasteiger partial charge in [-0.2, -0.15) is 4.89 Å². The second kappa shape index (κ2) is 4.76. The molecule has 0 saturated carbocycles. The summed E-state index contributed by atoms with van der Waals surface area (Å²) in [6.45, 7) is 0. The number of benzene rings is 1. The van der Waals surface area contributed by atoms with E-state index in [1.807, 2.05) is 0 Å². The van der Waals surface area contributed by atoms with E-state index in [-0.39, 0.29) is 5.02 Å². The number of rotatable bonds is 3. The molecule has 1 atom stereocenters. The zero-order valence-corrected chi connectivity index (χ0v) is 7.79. The molecule has 0 radical (unpaired) electrons. The summed E-state index contributed by atoms with van der Waals surface area (Å²) in [7, 11) is 0. The summed E-state index contributed by atoms with van der Waals surface area (Å²) in [5, 5.41) is 21.0. The largest absolute Gasteiger partial charge is 0.362 e. The first kappa shape index (κ1) is 10.7. The van der Waals surface area contributed by atoms with Crippen LogP contribution in [0.1, 0.15) is 11.9 Å². The third-order valence-corrected chi connectivity index (χ3v) is 2.10. The number of halogens is 2. The van der Waals surface area contributed by atoms with E-state index in [2.05, 4.69) is 9.93 Å². The van der Waals surface area contributed by atoms with Gasteiger partial charge in [-0.1, -0.05) is 34.3 Å². The molecule has 0 aliphatic rings. The second-order valence-electron chi connectivity index (χ2n) is 2.20. The summed E-state index contributed by atoms with van der Waals surface area (Å²) in [4.78, 5) is 4.03. The van der Waals surface area contributed by atoms with Gasteiger partial charge in [-0.3, -0.25) is 0 Å². The normalized spacial score (nSPS) is 12.9. The van der Waals surface area contributed by atoms with Crippen LogP contribution in [-0.2, 0) is 9.93 Å². The molecule has 1 rings (SSSR count). The molecule has 0 fully saturated rings. The molecule has 0 amide bonds. The van der Waals surface area contributed by atoms with E-state index in [0.717, 1.165) is 0 Å². The fourth-order valence-corrected chi connectivity index (χ4v) is 1.07. The highest BCUT2D eigenvalue weighted by Gasteiger charge is 2.10. The lowest BCUT2D eigenvalue weighted by Crippen LogP contribution is -2.02. The minimum Gasteiger partial charge on any atom is -0.362 e. The number of hydrogen-bond donors (Lipinski definition) is 2. The van der Waals surface area contributed by atoms with E-state index < -0.39 is 6.29 Å². The maximum atomic E-state index is 9.13.